The molecule has 2 amide bonds. The standard InChI is InChI=1S/C25H24N4O2.C2HF3O2/c1-29(2)15-16-7-6-10-19(13-16)27-23(17-8-4-3-5-9-17)22-20-12-11-18(24(26)30)14-21(20)28-25(22)31;3-2(4,5)1(6)7/h3-14,27H,15H2,1-2H3,(H2,26,30)(H,28,31);(H,6,7). The quantitative estimate of drug-likeness (QED) is 0.353. The van der Waals surface area contributed by atoms with Crippen molar-refractivity contribution in [3.05, 3.63) is 95.1 Å². The van der Waals surface area contributed by atoms with Crippen LogP contribution in [0.5, 0.6) is 0 Å². The number of primary amides is 1. The van der Waals surface area contributed by atoms with Crippen molar-refractivity contribution in [2.75, 3.05) is 24.7 Å². The van der Waals surface area contributed by atoms with Crippen LogP contribution in [0.4, 0.5) is 24.5 Å². The minimum absolute atomic E-state index is 0.229. The third-order valence-corrected chi connectivity index (χ3v) is 5.30. The smallest absolute Gasteiger partial charge is 0.475 e. The van der Waals surface area contributed by atoms with Gasteiger partial charge in [-0.15, -0.1) is 0 Å². The van der Waals surface area contributed by atoms with Gasteiger partial charge < -0.3 is 26.4 Å². The van der Waals surface area contributed by atoms with E-state index in [0.717, 1.165) is 28.9 Å². The number of rotatable bonds is 6. The van der Waals surface area contributed by atoms with Crippen molar-refractivity contribution in [1.29, 1.82) is 0 Å². The van der Waals surface area contributed by atoms with Gasteiger partial charge in [-0.05, 0) is 49.5 Å². The van der Waals surface area contributed by atoms with Crippen molar-refractivity contribution in [2.45, 2.75) is 12.7 Å². The summed E-state index contributed by atoms with van der Waals surface area (Å²) in [6.07, 6.45) is -5.08. The number of fused-ring (bicyclic) bond motifs is 1. The molecule has 0 bridgehead atoms. The van der Waals surface area contributed by atoms with E-state index >= 15 is 0 Å². The molecule has 0 fully saturated rings. The number of carboxylic acids is 1. The van der Waals surface area contributed by atoms with E-state index in [-0.39, 0.29) is 5.91 Å². The molecule has 198 valence electrons. The van der Waals surface area contributed by atoms with Crippen molar-refractivity contribution in [3.8, 4) is 0 Å². The number of nitrogens with zero attached hydrogens (tertiary/aromatic N) is 1. The summed E-state index contributed by atoms with van der Waals surface area (Å²) in [5.41, 5.74) is 11.2. The lowest BCUT2D eigenvalue weighted by Crippen LogP contribution is -2.21. The average Bonchev–Trinajstić information content (AvgIpc) is 3.17. The van der Waals surface area contributed by atoms with Crippen molar-refractivity contribution in [1.82, 2.24) is 4.90 Å². The maximum atomic E-state index is 13.0. The number of hydrogen-bond acceptors (Lipinski definition) is 5. The molecule has 1 aliphatic heterocycles. The van der Waals surface area contributed by atoms with Crippen LogP contribution >= 0.6 is 0 Å². The van der Waals surface area contributed by atoms with E-state index in [9.17, 15) is 22.8 Å². The molecule has 0 aliphatic carbocycles. The Morgan fingerprint density at radius 1 is 0.974 bits per heavy atom. The Kier molecular flexibility index (Phi) is 8.53. The lowest BCUT2D eigenvalue weighted by molar-refractivity contribution is -0.192. The second-order valence-electron chi connectivity index (χ2n) is 8.56. The van der Waals surface area contributed by atoms with Gasteiger partial charge in [0.25, 0.3) is 5.91 Å². The van der Waals surface area contributed by atoms with Crippen LogP contribution < -0.4 is 16.4 Å². The normalized spacial score (nSPS) is 13.7. The number of carbonyl (C=O) groups excluding carboxylic acids is 2. The van der Waals surface area contributed by atoms with Gasteiger partial charge in [-0.3, -0.25) is 9.59 Å². The Bertz CT molecular complexity index is 1390. The van der Waals surface area contributed by atoms with Crippen molar-refractivity contribution >= 4 is 40.4 Å². The summed E-state index contributed by atoms with van der Waals surface area (Å²) in [5.74, 6) is -3.52. The summed E-state index contributed by atoms with van der Waals surface area (Å²) in [4.78, 5) is 35.5. The highest BCUT2D eigenvalue weighted by Crippen LogP contribution is 2.38. The van der Waals surface area contributed by atoms with Crippen molar-refractivity contribution < 1.29 is 32.7 Å². The molecule has 0 aromatic heterocycles. The van der Waals surface area contributed by atoms with Gasteiger partial charge in [-0.1, -0.05) is 48.5 Å². The Morgan fingerprint density at radius 3 is 2.21 bits per heavy atom. The number of hydrogen-bond donors (Lipinski definition) is 4. The number of carbonyl (C=O) groups is 3. The first kappa shape index (κ1) is 27.9. The van der Waals surface area contributed by atoms with Crippen LogP contribution in [0.1, 0.15) is 27.0 Å². The summed E-state index contributed by atoms with van der Waals surface area (Å²) in [5, 5.41) is 13.5. The summed E-state index contributed by atoms with van der Waals surface area (Å²) in [7, 11) is 4.05. The maximum absolute atomic E-state index is 13.0. The van der Waals surface area contributed by atoms with E-state index < -0.39 is 18.1 Å². The molecule has 5 N–H and O–H groups in total. The number of nitrogens with two attached hydrogens (primary N) is 1. The van der Waals surface area contributed by atoms with Crippen LogP contribution in [0.2, 0.25) is 0 Å². The van der Waals surface area contributed by atoms with Crippen LogP contribution in [0.3, 0.4) is 0 Å². The van der Waals surface area contributed by atoms with Gasteiger partial charge in [0.1, 0.15) is 0 Å². The molecule has 3 aromatic carbocycles. The molecule has 4 rings (SSSR count). The zero-order valence-corrected chi connectivity index (χ0v) is 20.5. The van der Waals surface area contributed by atoms with Crippen LogP contribution in [-0.4, -0.2) is 48.1 Å². The number of carboxylic acid groups (broad SMARTS) is 1. The van der Waals surface area contributed by atoms with E-state index in [1.807, 2.05) is 56.6 Å². The molecule has 0 saturated carbocycles. The second kappa shape index (κ2) is 11.6. The maximum Gasteiger partial charge on any atom is 0.490 e. The molecule has 3 aromatic rings. The molecule has 0 saturated heterocycles. The third-order valence-electron chi connectivity index (χ3n) is 5.30. The van der Waals surface area contributed by atoms with Gasteiger partial charge in [-0.2, -0.15) is 13.2 Å². The Morgan fingerprint density at radius 2 is 1.63 bits per heavy atom. The number of nitrogens with one attached hydrogen (secondary N) is 2. The molecule has 0 atom stereocenters. The van der Waals surface area contributed by atoms with Gasteiger partial charge in [0.15, 0.2) is 0 Å². The Labute approximate surface area is 216 Å². The fraction of sp³-hybridized carbons (Fsp3) is 0.148. The SMILES string of the molecule is CN(C)Cc1cccc(NC(=C2C(=O)Nc3cc(C(N)=O)ccc32)c2ccccc2)c1.O=C(O)C(F)(F)F. The van der Waals surface area contributed by atoms with E-state index in [0.29, 0.717) is 22.5 Å². The number of halogens is 3. The molecule has 38 heavy (non-hydrogen) atoms. The number of amides is 2. The molecule has 11 heteroatoms. The van der Waals surface area contributed by atoms with Crippen molar-refractivity contribution in [3.63, 3.8) is 0 Å². The number of aliphatic carboxylic acids is 1. The van der Waals surface area contributed by atoms with Crippen LogP contribution in [0, 0.1) is 0 Å². The molecular weight excluding hydrogens is 501 g/mol. The Balaban J connectivity index is 0.000000505. The highest BCUT2D eigenvalue weighted by Gasteiger charge is 2.38. The molecule has 1 aliphatic rings. The van der Waals surface area contributed by atoms with Crippen LogP contribution in [0.25, 0.3) is 11.3 Å². The molecule has 0 unspecified atom stereocenters. The number of benzene rings is 3. The largest absolute Gasteiger partial charge is 0.490 e. The highest BCUT2D eigenvalue weighted by molar-refractivity contribution is 6.37. The zero-order valence-electron chi connectivity index (χ0n) is 20.5. The van der Waals surface area contributed by atoms with E-state index in [1.165, 1.54) is 0 Å². The summed E-state index contributed by atoms with van der Waals surface area (Å²) in [6.45, 7) is 0.811. The van der Waals surface area contributed by atoms with E-state index in [2.05, 4.69) is 27.7 Å². The van der Waals surface area contributed by atoms with Gasteiger partial charge in [0.05, 0.1) is 11.3 Å². The third kappa shape index (κ3) is 6.98. The summed E-state index contributed by atoms with van der Waals surface area (Å²) >= 11 is 0. The number of anilines is 2. The highest BCUT2D eigenvalue weighted by atomic mass is 19.4. The first-order valence-corrected chi connectivity index (χ1v) is 11.2. The first-order valence-electron chi connectivity index (χ1n) is 11.2. The fourth-order valence-electron chi connectivity index (χ4n) is 3.72. The minimum atomic E-state index is -5.08. The van der Waals surface area contributed by atoms with Crippen LogP contribution in [-0.2, 0) is 16.1 Å². The van der Waals surface area contributed by atoms with Gasteiger partial charge in [0, 0.05) is 29.0 Å². The minimum Gasteiger partial charge on any atom is -0.475 e. The average molecular weight is 527 g/mol. The first-order chi connectivity index (χ1) is 17.9. The lowest BCUT2D eigenvalue weighted by Gasteiger charge is -2.16. The van der Waals surface area contributed by atoms with Crippen LogP contribution in [0.15, 0.2) is 72.8 Å². The van der Waals surface area contributed by atoms with Gasteiger partial charge in [-0.25, -0.2) is 4.79 Å². The summed E-state index contributed by atoms with van der Waals surface area (Å²) in [6, 6.07) is 22.9. The molecule has 0 spiro atoms. The molecule has 1 heterocycles. The number of alkyl halides is 3. The monoisotopic (exact) mass is 526 g/mol. The lowest BCUT2D eigenvalue weighted by atomic mass is 9.99. The molecule has 8 nitrogen and oxygen atoms in total. The zero-order chi connectivity index (χ0) is 28.0. The predicted molar refractivity (Wildman–Crippen MR) is 138 cm³/mol. The van der Waals surface area contributed by atoms with Crippen molar-refractivity contribution in [2.24, 2.45) is 5.73 Å². The molecular formula is C27H25F3N4O4. The van der Waals surface area contributed by atoms with E-state index in [1.54, 1.807) is 18.2 Å². The Hall–Kier alpha value is -4.64. The topological polar surface area (TPSA) is 125 Å². The molecule has 0 radical (unpaired) electrons. The van der Waals surface area contributed by atoms with Gasteiger partial charge in [0.2, 0.25) is 5.91 Å². The predicted octanol–water partition coefficient (Wildman–Crippen LogP) is 4.41. The summed E-state index contributed by atoms with van der Waals surface area (Å²) < 4.78 is 31.7. The van der Waals surface area contributed by atoms with E-state index in [4.69, 9.17) is 15.6 Å². The fourth-order valence-corrected chi connectivity index (χ4v) is 3.72. The van der Waals surface area contributed by atoms with Gasteiger partial charge >= 0.3 is 12.1 Å². The second-order valence-corrected chi connectivity index (χ2v) is 8.56.